The van der Waals surface area contributed by atoms with E-state index in [1.54, 1.807) is 11.0 Å². The quantitative estimate of drug-likeness (QED) is 0.935. The first kappa shape index (κ1) is 13.5. The Bertz CT molecular complexity index is 580. The van der Waals surface area contributed by atoms with E-state index < -0.39 is 0 Å². The van der Waals surface area contributed by atoms with Crippen LogP contribution < -0.4 is 5.32 Å². The van der Waals surface area contributed by atoms with Crippen LogP contribution in [0.3, 0.4) is 0 Å². The number of carbonyl (C=O) groups excluding carboxylic acids is 1. The van der Waals surface area contributed by atoms with Crippen molar-refractivity contribution in [3.63, 3.8) is 0 Å². The zero-order valence-electron chi connectivity index (χ0n) is 10.8. The highest BCUT2D eigenvalue weighted by Gasteiger charge is 2.10. The molecule has 0 radical (unpaired) electrons. The number of halogens is 1. The zero-order valence-corrected chi connectivity index (χ0v) is 11.6. The van der Waals surface area contributed by atoms with Gasteiger partial charge in [0.1, 0.15) is 6.33 Å². The second-order valence-electron chi connectivity index (χ2n) is 4.54. The van der Waals surface area contributed by atoms with E-state index in [0.29, 0.717) is 17.5 Å². The maximum atomic E-state index is 11.5. The van der Waals surface area contributed by atoms with Gasteiger partial charge in [-0.15, -0.1) is 5.10 Å². The highest BCUT2D eigenvalue weighted by atomic mass is 35.5. The van der Waals surface area contributed by atoms with Gasteiger partial charge in [-0.2, -0.15) is 0 Å². The molecule has 0 atom stereocenters. The van der Waals surface area contributed by atoms with Gasteiger partial charge < -0.3 is 0 Å². The number of rotatable bonds is 4. The average molecular weight is 279 g/mol. The third kappa shape index (κ3) is 3.79. The summed E-state index contributed by atoms with van der Waals surface area (Å²) in [6, 6.07) is 7.53. The first-order chi connectivity index (χ1) is 9.04. The number of carbonyl (C=O) groups is 1. The number of anilines is 1. The van der Waals surface area contributed by atoms with E-state index in [0.717, 1.165) is 5.56 Å². The number of aromatic nitrogens is 3. The van der Waals surface area contributed by atoms with E-state index >= 15 is 0 Å². The fraction of sp³-hybridized carbons (Fsp3) is 0.308. The Morgan fingerprint density at radius 3 is 2.95 bits per heavy atom. The number of nitrogens with zero attached hydrogens (tertiary/aromatic N) is 3. The Balaban J connectivity index is 2.03. The molecular weight excluding hydrogens is 264 g/mol. The smallest absolute Gasteiger partial charge is 0.248 e. The monoisotopic (exact) mass is 278 g/mol. The van der Waals surface area contributed by atoms with E-state index in [1.807, 2.05) is 38.1 Å². The highest BCUT2D eigenvalue weighted by Crippen LogP contribution is 2.12. The minimum absolute atomic E-state index is 0.0968. The summed E-state index contributed by atoms with van der Waals surface area (Å²) in [5.41, 5.74) is 1.03. The maximum absolute atomic E-state index is 11.5. The molecule has 0 saturated heterocycles. The van der Waals surface area contributed by atoms with Crippen molar-refractivity contribution in [3.05, 3.63) is 41.2 Å². The van der Waals surface area contributed by atoms with Crippen LogP contribution in [0.1, 0.15) is 19.4 Å². The molecule has 6 heteroatoms. The largest absolute Gasteiger partial charge is 0.293 e. The molecule has 1 aromatic carbocycles. The van der Waals surface area contributed by atoms with Gasteiger partial charge in [-0.3, -0.25) is 10.1 Å². The molecule has 1 aromatic heterocycles. The van der Waals surface area contributed by atoms with E-state index in [2.05, 4.69) is 15.4 Å². The van der Waals surface area contributed by atoms with E-state index in [9.17, 15) is 4.79 Å². The van der Waals surface area contributed by atoms with Crippen molar-refractivity contribution in [1.82, 2.24) is 14.8 Å². The van der Waals surface area contributed by atoms with Crippen molar-refractivity contribution in [1.29, 1.82) is 0 Å². The number of hydrogen-bond donors (Lipinski definition) is 1. The predicted octanol–water partition coefficient (Wildman–Crippen LogP) is 2.57. The minimum Gasteiger partial charge on any atom is -0.293 e. The molecule has 1 heterocycles. The molecule has 2 aromatic rings. The number of nitrogens with one attached hydrogen (secondary N) is 1. The number of amides is 1. The van der Waals surface area contributed by atoms with Crippen LogP contribution in [-0.4, -0.2) is 20.7 Å². The molecule has 0 saturated carbocycles. The lowest BCUT2D eigenvalue weighted by Gasteiger charge is -2.03. The summed E-state index contributed by atoms with van der Waals surface area (Å²) in [7, 11) is 0. The average Bonchev–Trinajstić information content (AvgIpc) is 2.76. The highest BCUT2D eigenvalue weighted by molar-refractivity contribution is 6.30. The number of benzene rings is 1. The Kier molecular flexibility index (Phi) is 4.16. The van der Waals surface area contributed by atoms with Crippen LogP contribution >= 0.6 is 11.6 Å². The molecule has 2 rings (SSSR count). The van der Waals surface area contributed by atoms with Crippen LogP contribution in [0.2, 0.25) is 5.02 Å². The summed E-state index contributed by atoms with van der Waals surface area (Å²) in [5, 5.41) is 7.53. The van der Waals surface area contributed by atoms with Crippen molar-refractivity contribution in [3.8, 4) is 0 Å². The molecule has 100 valence electrons. The van der Waals surface area contributed by atoms with Crippen LogP contribution in [0.5, 0.6) is 0 Å². The second-order valence-corrected chi connectivity index (χ2v) is 4.98. The van der Waals surface area contributed by atoms with Gasteiger partial charge in [0.25, 0.3) is 0 Å². The van der Waals surface area contributed by atoms with Gasteiger partial charge >= 0.3 is 0 Å². The molecular formula is C13H15ClN4O. The summed E-state index contributed by atoms with van der Waals surface area (Å²) >= 11 is 5.92. The Labute approximate surface area is 116 Å². The molecule has 1 amide bonds. The van der Waals surface area contributed by atoms with E-state index in [1.165, 1.54) is 0 Å². The van der Waals surface area contributed by atoms with Gasteiger partial charge in [0.15, 0.2) is 0 Å². The standard InChI is InChI=1S/C13H15ClN4O/c1-9(2)12(19)16-13-15-8-18(17-13)7-10-4-3-5-11(14)6-10/h3-6,8-9H,7H2,1-2H3,(H,16,17,19). The van der Waals surface area contributed by atoms with Crippen LogP contribution in [0.4, 0.5) is 5.95 Å². The van der Waals surface area contributed by atoms with Gasteiger partial charge in [-0.05, 0) is 17.7 Å². The molecule has 0 fully saturated rings. The van der Waals surface area contributed by atoms with Gasteiger partial charge in [0.2, 0.25) is 11.9 Å². The molecule has 0 aliphatic rings. The van der Waals surface area contributed by atoms with Crippen LogP contribution in [0, 0.1) is 5.92 Å². The predicted molar refractivity (Wildman–Crippen MR) is 74.0 cm³/mol. The molecule has 1 N–H and O–H groups in total. The van der Waals surface area contributed by atoms with Crippen molar-refractivity contribution < 1.29 is 4.79 Å². The summed E-state index contributed by atoms with van der Waals surface area (Å²) in [6.45, 7) is 4.20. The van der Waals surface area contributed by atoms with E-state index in [-0.39, 0.29) is 11.8 Å². The normalized spacial score (nSPS) is 10.7. The van der Waals surface area contributed by atoms with Gasteiger partial charge in [-0.1, -0.05) is 37.6 Å². The topological polar surface area (TPSA) is 59.8 Å². The van der Waals surface area contributed by atoms with Crippen molar-refractivity contribution >= 4 is 23.5 Å². The second kappa shape index (κ2) is 5.84. The molecule has 0 aliphatic carbocycles. The van der Waals surface area contributed by atoms with E-state index in [4.69, 9.17) is 11.6 Å². The third-order valence-corrected chi connectivity index (χ3v) is 2.76. The fourth-order valence-corrected chi connectivity index (χ4v) is 1.72. The van der Waals surface area contributed by atoms with Crippen molar-refractivity contribution in [2.24, 2.45) is 5.92 Å². The number of hydrogen-bond acceptors (Lipinski definition) is 3. The SMILES string of the molecule is CC(C)C(=O)Nc1ncn(Cc2cccc(Cl)c2)n1. The first-order valence-corrected chi connectivity index (χ1v) is 6.37. The lowest BCUT2D eigenvalue weighted by atomic mass is 10.2. The maximum Gasteiger partial charge on any atom is 0.248 e. The Hall–Kier alpha value is -1.88. The lowest BCUT2D eigenvalue weighted by molar-refractivity contribution is -0.118. The van der Waals surface area contributed by atoms with Crippen LogP contribution in [0.25, 0.3) is 0 Å². The summed E-state index contributed by atoms with van der Waals surface area (Å²) in [6.07, 6.45) is 1.58. The molecule has 19 heavy (non-hydrogen) atoms. The van der Waals surface area contributed by atoms with Crippen LogP contribution in [-0.2, 0) is 11.3 Å². The van der Waals surface area contributed by atoms with Crippen LogP contribution in [0.15, 0.2) is 30.6 Å². The summed E-state index contributed by atoms with van der Waals surface area (Å²) < 4.78 is 1.65. The summed E-state index contributed by atoms with van der Waals surface area (Å²) in [5.74, 6) is 0.126. The molecule has 5 nitrogen and oxygen atoms in total. The zero-order chi connectivity index (χ0) is 13.8. The van der Waals surface area contributed by atoms with Gasteiger partial charge in [0.05, 0.1) is 6.54 Å². The first-order valence-electron chi connectivity index (χ1n) is 5.99. The molecule has 0 bridgehead atoms. The van der Waals surface area contributed by atoms with Crippen molar-refractivity contribution in [2.75, 3.05) is 5.32 Å². The van der Waals surface area contributed by atoms with Gasteiger partial charge in [0, 0.05) is 10.9 Å². The Morgan fingerprint density at radius 2 is 2.26 bits per heavy atom. The Morgan fingerprint density at radius 1 is 1.47 bits per heavy atom. The van der Waals surface area contributed by atoms with Gasteiger partial charge in [-0.25, -0.2) is 9.67 Å². The molecule has 0 spiro atoms. The lowest BCUT2D eigenvalue weighted by Crippen LogP contribution is -2.18. The minimum atomic E-state index is -0.0973. The van der Waals surface area contributed by atoms with Crippen molar-refractivity contribution in [2.45, 2.75) is 20.4 Å². The summed E-state index contributed by atoms with van der Waals surface area (Å²) in [4.78, 5) is 15.6. The molecule has 0 unspecified atom stereocenters. The molecule has 0 aliphatic heterocycles. The fourth-order valence-electron chi connectivity index (χ4n) is 1.51. The third-order valence-electron chi connectivity index (χ3n) is 2.53.